The summed E-state index contributed by atoms with van der Waals surface area (Å²) in [6, 6.07) is 0. The first-order valence-corrected chi connectivity index (χ1v) is 5.81. The molecule has 0 rings (SSSR count). The predicted molar refractivity (Wildman–Crippen MR) is 62.3 cm³/mol. The summed E-state index contributed by atoms with van der Waals surface area (Å²) in [6.45, 7) is 12.9. The SMILES string of the molecule is CCCC(C(=O)CC(C)C)C(C)(C)C. The molecule has 0 saturated carbocycles. The van der Waals surface area contributed by atoms with Crippen LogP contribution in [-0.4, -0.2) is 5.78 Å². The summed E-state index contributed by atoms with van der Waals surface area (Å²) < 4.78 is 0. The fourth-order valence-electron chi connectivity index (χ4n) is 1.91. The van der Waals surface area contributed by atoms with Gasteiger partial charge in [-0.05, 0) is 17.8 Å². The van der Waals surface area contributed by atoms with E-state index in [0.717, 1.165) is 19.3 Å². The molecule has 0 saturated heterocycles. The van der Waals surface area contributed by atoms with Crippen LogP contribution in [-0.2, 0) is 4.79 Å². The molecule has 1 heteroatoms. The number of Topliss-reactive ketones (excluding diaryl/α,β-unsaturated/α-hetero) is 1. The number of rotatable bonds is 5. The van der Waals surface area contributed by atoms with E-state index in [1.54, 1.807) is 0 Å². The molecule has 0 aliphatic rings. The molecule has 0 fully saturated rings. The number of hydrogen-bond donors (Lipinski definition) is 0. The Balaban J connectivity index is 4.42. The second kappa shape index (κ2) is 5.53. The van der Waals surface area contributed by atoms with Gasteiger partial charge in [-0.2, -0.15) is 0 Å². The molecule has 1 nitrogen and oxygen atoms in total. The van der Waals surface area contributed by atoms with Crippen molar-refractivity contribution in [2.45, 2.75) is 60.8 Å². The van der Waals surface area contributed by atoms with Gasteiger partial charge in [0.1, 0.15) is 5.78 Å². The van der Waals surface area contributed by atoms with E-state index in [0.29, 0.717) is 11.7 Å². The van der Waals surface area contributed by atoms with Crippen molar-refractivity contribution in [3.05, 3.63) is 0 Å². The third-order valence-electron chi connectivity index (χ3n) is 2.62. The van der Waals surface area contributed by atoms with Crippen LogP contribution in [0.2, 0.25) is 0 Å². The van der Waals surface area contributed by atoms with Gasteiger partial charge >= 0.3 is 0 Å². The van der Waals surface area contributed by atoms with Crippen LogP contribution >= 0.6 is 0 Å². The molecule has 1 atom stereocenters. The van der Waals surface area contributed by atoms with Crippen LogP contribution in [0.1, 0.15) is 60.8 Å². The van der Waals surface area contributed by atoms with Gasteiger partial charge in [-0.1, -0.05) is 48.0 Å². The molecule has 0 aliphatic heterocycles. The second-order valence-corrected chi connectivity index (χ2v) is 5.77. The molecule has 0 amide bonds. The Morgan fingerprint density at radius 2 is 1.71 bits per heavy atom. The Bertz CT molecular complexity index is 174. The van der Waals surface area contributed by atoms with Crippen LogP contribution in [0.5, 0.6) is 0 Å². The highest BCUT2D eigenvalue weighted by Crippen LogP contribution is 2.32. The number of carbonyl (C=O) groups excluding carboxylic acids is 1. The molecule has 14 heavy (non-hydrogen) atoms. The predicted octanol–water partition coefficient (Wildman–Crippen LogP) is 4.06. The van der Waals surface area contributed by atoms with Crippen LogP contribution in [0.3, 0.4) is 0 Å². The lowest BCUT2D eigenvalue weighted by atomic mass is 9.74. The first kappa shape index (κ1) is 13.7. The zero-order valence-corrected chi connectivity index (χ0v) is 10.7. The minimum Gasteiger partial charge on any atom is -0.299 e. The fourth-order valence-corrected chi connectivity index (χ4v) is 1.91. The lowest BCUT2D eigenvalue weighted by Gasteiger charge is -2.29. The van der Waals surface area contributed by atoms with E-state index in [9.17, 15) is 4.79 Å². The van der Waals surface area contributed by atoms with Crippen molar-refractivity contribution < 1.29 is 4.79 Å². The molecule has 0 aliphatic carbocycles. The molecular formula is C13H26O. The monoisotopic (exact) mass is 198 g/mol. The first-order chi connectivity index (χ1) is 6.29. The Labute approximate surface area is 89.3 Å². The zero-order valence-electron chi connectivity index (χ0n) is 10.7. The normalized spacial score (nSPS) is 14.5. The van der Waals surface area contributed by atoms with Gasteiger partial charge in [0, 0.05) is 12.3 Å². The third kappa shape index (κ3) is 4.78. The topological polar surface area (TPSA) is 17.1 Å². The third-order valence-corrected chi connectivity index (χ3v) is 2.62. The molecule has 0 radical (unpaired) electrons. The van der Waals surface area contributed by atoms with Crippen molar-refractivity contribution in [2.75, 3.05) is 0 Å². The van der Waals surface area contributed by atoms with Crippen molar-refractivity contribution >= 4 is 5.78 Å². The molecule has 0 aromatic rings. The maximum atomic E-state index is 12.0. The standard InChI is InChI=1S/C13H26O/c1-7-8-11(13(4,5)6)12(14)9-10(2)3/h10-11H,7-9H2,1-6H3. The van der Waals surface area contributed by atoms with Crippen LogP contribution in [0.4, 0.5) is 0 Å². The van der Waals surface area contributed by atoms with E-state index >= 15 is 0 Å². The van der Waals surface area contributed by atoms with Crippen LogP contribution in [0, 0.1) is 17.3 Å². The van der Waals surface area contributed by atoms with E-state index in [1.165, 1.54) is 0 Å². The molecular weight excluding hydrogens is 172 g/mol. The highest BCUT2D eigenvalue weighted by Gasteiger charge is 2.29. The average molecular weight is 198 g/mol. The summed E-state index contributed by atoms with van der Waals surface area (Å²) in [5.41, 5.74) is 0.127. The van der Waals surface area contributed by atoms with E-state index in [-0.39, 0.29) is 11.3 Å². The number of ketones is 1. The fraction of sp³-hybridized carbons (Fsp3) is 0.923. The Kier molecular flexibility index (Phi) is 5.40. The Morgan fingerprint density at radius 1 is 1.21 bits per heavy atom. The zero-order chi connectivity index (χ0) is 11.4. The molecule has 1 unspecified atom stereocenters. The maximum absolute atomic E-state index is 12.0. The Morgan fingerprint density at radius 3 is 2.00 bits per heavy atom. The molecule has 0 heterocycles. The summed E-state index contributed by atoms with van der Waals surface area (Å²) in [4.78, 5) is 12.0. The minimum atomic E-state index is 0.127. The van der Waals surface area contributed by atoms with Crippen molar-refractivity contribution in [1.29, 1.82) is 0 Å². The van der Waals surface area contributed by atoms with Gasteiger partial charge in [0.05, 0.1) is 0 Å². The molecule has 0 aromatic heterocycles. The van der Waals surface area contributed by atoms with Crippen molar-refractivity contribution in [2.24, 2.45) is 17.3 Å². The molecule has 0 aromatic carbocycles. The van der Waals surface area contributed by atoms with E-state index < -0.39 is 0 Å². The van der Waals surface area contributed by atoms with E-state index in [4.69, 9.17) is 0 Å². The quantitative estimate of drug-likeness (QED) is 0.651. The molecule has 0 N–H and O–H groups in total. The number of carbonyl (C=O) groups is 1. The van der Waals surface area contributed by atoms with Crippen molar-refractivity contribution in [3.8, 4) is 0 Å². The lowest BCUT2D eigenvalue weighted by Crippen LogP contribution is -2.29. The van der Waals surface area contributed by atoms with Gasteiger partial charge in [-0.15, -0.1) is 0 Å². The van der Waals surface area contributed by atoms with Gasteiger partial charge in [0.2, 0.25) is 0 Å². The highest BCUT2D eigenvalue weighted by atomic mass is 16.1. The molecule has 84 valence electrons. The summed E-state index contributed by atoms with van der Waals surface area (Å²) in [6.07, 6.45) is 2.88. The van der Waals surface area contributed by atoms with Crippen LogP contribution in [0.25, 0.3) is 0 Å². The maximum Gasteiger partial charge on any atom is 0.136 e. The first-order valence-electron chi connectivity index (χ1n) is 5.81. The Hall–Kier alpha value is -0.330. The van der Waals surface area contributed by atoms with Crippen LogP contribution in [0.15, 0.2) is 0 Å². The minimum absolute atomic E-state index is 0.127. The van der Waals surface area contributed by atoms with Crippen molar-refractivity contribution in [3.63, 3.8) is 0 Å². The van der Waals surface area contributed by atoms with Crippen LogP contribution < -0.4 is 0 Å². The second-order valence-electron chi connectivity index (χ2n) is 5.77. The van der Waals surface area contributed by atoms with Gasteiger partial charge in [0.15, 0.2) is 0 Å². The highest BCUT2D eigenvalue weighted by molar-refractivity contribution is 5.81. The lowest BCUT2D eigenvalue weighted by molar-refractivity contribution is -0.127. The van der Waals surface area contributed by atoms with Crippen molar-refractivity contribution in [1.82, 2.24) is 0 Å². The van der Waals surface area contributed by atoms with Gasteiger partial charge < -0.3 is 0 Å². The van der Waals surface area contributed by atoms with Gasteiger partial charge in [-0.25, -0.2) is 0 Å². The summed E-state index contributed by atoms with van der Waals surface area (Å²) in [5, 5.41) is 0. The van der Waals surface area contributed by atoms with Gasteiger partial charge in [0.25, 0.3) is 0 Å². The molecule has 0 bridgehead atoms. The summed E-state index contributed by atoms with van der Waals surface area (Å²) >= 11 is 0. The summed E-state index contributed by atoms with van der Waals surface area (Å²) in [7, 11) is 0. The summed E-state index contributed by atoms with van der Waals surface area (Å²) in [5.74, 6) is 1.19. The average Bonchev–Trinajstić information content (AvgIpc) is 1.96. The van der Waals surface area contributed by atoms with Gasteiger partial charge in [-0.3, -0.25) is 4.79 Å². The number of hydrogen-bond acceptors (Lipinski definition) is 1. The smallest absolute Gasteiger partial charge is 0.136 e. The van der Waals surface area contributed by atoms with E-state index in [2.05, 4.69) is 41.5 Å². The molecule has 0 spiro atoms. The largest absolute Gasteiger partial charge is 0.299 e. The van der Waals surface area contributed by atoms with E-state index in [1.807, 2.05) is 0 Å².